The van der Waals surface area contributed by atoms with Crippen LogP contribution in [-0.2, 0) is 26.6 Å². The van der Waals surface area contributed by atoms with Crippen molar-refractivity contribution in [1.29, 1.82) is 0 Å². The van der Waals surface area contributed by atoms with Gasteiger partial charge in [-0.3, -0.25) is 4.90 Å². The molecule has 0 aromatic rings. The molecule has 3 unspecified atom stereocenters. The highest BCUT2D eigenvalue weighted by atomic mass is 28.4. The largest absolute Gasteiger partial charge is 0.518 e. The molecule has 0 bridgehead atoms. The summed E-state index contributed by atoms with van der Waals surface area (Å²) in [6.45, 7) is 11.3. The summed E-state index contributed by atoms with van der Waals surface area (Å²) in [5, 5.41) is 0. The van der Waals surface area contributed by atoms with Crippen LogP contribution in [0.1, 0.15) is 60.3 Å². The Labute approximate surface area is 190 Å². The third-order valence-electron chi connectivity index (χ3n) is 6.58. The number of hydrogen-bond acceptors (Lipinski definition) is 7. The van der Waals surface area contributed by atoms with E-state index in [1.54, 1.807) is 42.7 Å². The van der Waals surface area contributed by atoms with Crippen molar-refractivity contribution in [2.45, 2.75) is 89.4 Å². The van der Waals surface area contributed by atoms with E-state index >= 15 is 0 Å². The summed E-state index contributed by atoms with van der Waals surface area (Å²) in [6, 6.07) is 2.49. The van der Waals surface area contributed by atoms with Crippen molar-refractivity contribution in [2.24, 2.45) is 0 Å². The first-order valence-corrected chi connectivity index (χ1v) is 17.3. The van der Waals surface area contributed by atoms with E-state index in [9.17, 15) is 0 Å². The normalized spacial score (nSPS) is 16.3. The van der Waals surface area contributed by atoms with Gasteiger partial charge in [0.1, 0.15) is 0 Å². The maximum atomic E-state index is 6.02. The first-order chi connectivity index (χ1) is 14.4. The minimum atomic E-state index is -2.97. The molecule has 0 rings (SSSR count). The molecule has 0 heterocycles. The van der Waals surface area contributed by atoms with E-state index < -0.39 is 26.4 Å². The summed E-state index contributed by atoms with van der Waals surface area (Å²) in [5.74, 6) is 0. The molecule has 0 aliphatic rings. The molecule has 0 saturated carbocycles. The Kier molecular flexibility index (Phi) is 15.4. The van der Waals surface area contributed by atoms with Gasteiger partial charge in [-0.2, -0.15) is 0 Å². The molecular weight excluding hydrogens is 434 g/mol. The van der Waals surface area contributed by atoms with E-state index in [1.165, 1.54) is 12.1 Å². The average Bonchev–Trinajstić information content (AvgIpc) is 2.79. The first kappa shape index (κ1) is 30.4. The molecule has 0 fully saturated rings. The Morgan fingerprint density at radius 2 is 0.967 bits per heavy atom. The Bertz CT molecular complexity index is 392. The Balaban J connectivity index is 6.89. The first-order valence-electron chi connectivity index (χ1n) is 11.4. The van der Waals surface area contributed by atoms with Gasteiger partial charge in [0.15, 0.2) is 0 Å². The van der Waals surface area contributed by atoms with E-state index in [0.29, 0.717) is 5.67 Å². The fourth-order valence-electron chi connectivity index (χ4n) is 5.04. The smallest absolute Gasteiger partial charge is 0.376 e. The topological polar surface area (TPSA) is 58.6 Å². The predicted molar refractivity (Wildman–Crippen MR) is 130 cm³/mol. The Morgan fingerprint density at radius 1 is 0.633 bits per heavy atom. The van der Waals surface area contributed by atoms with Gasteiger partial charge in [0.05, 0.1) is 20.1 Å². The summed E-state index contributed by atoms with van der Waals surface area (Å²) in [6.07, 6.45) is 3.97. The minimum Gasteiger partial charge on any atom is -0.376 e. The van der Waals surface area contributed by atoms with Gasteiger partial charge in [-0.1, -0.05) is 53.1 Å². The summed E-state index contributed by atoms with van der Waals surface area (Å²) in [7, 11) is 3.21. The van der Waals surface area contributed by atoms with Crippen LogP contribution in [0, 0.1) is 0 Å². The lowest BCUT2D eigenvalue weighted by atomic mass is 10.2. The lowest BCUT2D eigenvalue weighted by Gasteiger charge is -2.51. The van der Waals surface area contributed by atoms with Gasteiger partial charge in [0, 0.05) is 48.3 Å². The fourth-order valence-corrected chi connectivity index (χ4v) is 14.0. The lowest BCUT2D eigenvalue weighted by Crippen LogP contribution is -2.73. The van der Waals surface area contributed by atoms with Gasteiger partial charge >= 0.3 is 17.6 Å². The maximum absolute atomic E-state index is 6.02. The van der Waals surface area contributed by atoms with Gasteiger partial charge in [-0.15, -0.1) is 0 Å². The van der Waals surface area contributed by atoms with Crippen molar-refractivity contribution in [3.8, 4) is 0 Å². The molecule has 30 heavy (non-hydrogen) atoms. The number of nitrogens with zero attached hydrogens (tertiary/aromatic N) is 1. The quantitative estimate of drug-likeness (QED) is 0.276. The van der Waals surface area contributed by atoms with E-state index in [2.05, 4.69) is 39.5 Å². The highest BCUT2D eigenvalue weighted by molar-refractivity contribution is 6.65. The van der Waals surface area contributed by atoms with E-state index in [4.69, 9.17) is 26.6 Å². The van der Waals surface area contributed by atoms with E-state index in [-0.39, 0.29) is 11.3 Å². The second kappa shape index (κ2) is 15.3. The zero-order chi connectivity index (χ0) is 23.4. The average molecular weight is 484 g/mol. The molecule has 0 aliphatic heterocycles. The van der Waals surface area contributed by atoms with Gasteiger partial charge in [-0.25, -0.2) is 0 Å². The molecule has 0 aliphatic carbocycles. The second-order valence-corrected chi connectivity index (χ2v) is 17.8. The maximum Gasteiger partial charge on any atom is 0.518 e. The molecule has 0 saturated heterocycles. The molecule has 0 spiro atoms. The van der Waals surface area contributed by atoms with Crippen LogP contribution in [0.2, 0.25) is 12.1 Å². The minimum absolute atomic E-state index is 0.000532. The lowest BCUT2D eigenvalue weighted by molar-refractivity contribution is 0.0249. The van der Waals surface area contributed by atoms with Crippen LogP contribution in [0.4, 0.5) is 0 Å². The molecule has 0 amide bonds. The highest BCUT2D eigenvalue weighted by Gasteiger charge is 2.59. The molecule has 3 atom stereocenters. The van der Waals surface area contributed by atoms with Crippen LogP contribution in [0.5, 0.6) is 0 Å². The van der Waals surface area contributed by atoms with Crippen molar-refractivity contribution in [3.05, 3.63) is 0 Å². The van der Waals surface area contributed by atoms with Crippen LogP contribution >= 0.6 is 0 Å². The van der Waals surface area contributed by atoms with Crippen molar-refractivity contribution in [2.75, 3.05) is 42.7 Å². The monoisotopic (exact) mass is 483 g/mol. The predicted octanol–water partition coefficient (Wildman–Crippen LogP) is 3.66. The van der Waals surface area contributed by atoms with Crippen molar-refractivity contribution in [3.63, 3.8) is 0 Å². The molecule has 10 heteroatoms. The zero-order valence-corrected chi connectivity index (χ0v) is 24.6. The zero-order valence-electron chi connectivity index (χ0n) is 21.4. The standard InChI is InChI=1S/C20H49NO6Si3/c1-12-17-18(28(15-4)16-5)21(19(13-2)29(22-6,23-7)24-8)20(14-3)30(25-9,26-10)27-11/h18-20,28H,12-17H2,1-11H3. The highest BCUT2D eigenvalue weighted by Crippen LogP contribution is 2.34. The SMILES string of the molecule is CCCC(N(C(CC)[Si](OC)(OC)OC)C(CC)[Si](OC)(OC)OC)[SiH](CC)CC. The molecule has 7 nitrogen and oxygen atoms in total. The molecule has 0 radical (unpaired) electrons. The van der Waals surface area contributed by atoms with Crippen LogP contribution in [0.3, 0.4) is 0 Å². The van der Waals surface area contributed by atoms with Gasteiger partial charge in [-0.05, 0) is 19.3 Å². The van der Waals surface area contributed by atoms with Crippen LogP contribution < -0.4 is 0 Å². The van der Waals surface area contributed by atoms with E-state index in [0.717, 1.165) is 25.7 Å². The van der Waals surface area contributed by atoms with Crippen molar-refractivity contribution < 1.29 is 26.6 Å². The van der Waals surface area contributed by atoms with Crippen molar-refractivity contribution >= 4 is 26.4 Å². The summed E-state index contributed by atoms with van der Waals surface area (Å²) < 4.78 is 36.1. The molecule has 0 aromatic heterocycles. The van der Waals surface area contributed by atoms with Gasteiger partial charge in [0.25, 0.3) is 0 Å². The molecule has 0 N–H and O–H groups in total. The summed E-state index contributed by atoms with van der Waals surface area (Å²) in [4.78, 5) is 2.62. The summed E-state index contributed by atoms with van der Waals surface area (Å²) >= 11 is 0. The van der Waals surface area contributed by atoms with Crippen LogP contribution in [0.25, 0.3) is 0 Å². The number of rotatable bonds is 18. The fraction of sp³-hybridized carbons (Fsp3) is 1.00. The van der Waals surface area contributed by atoms with Gasteiger partial charge < -0.3 is 26.6 Å². The molecule has 0 aromatic carbocycles. The van der Waals surface area contributed by atoms with Gasteiger partial charge in [0.2, 0.25) is 0 Å². The van der Waals surface area contributed by atoms with E-state index in [1.807, 2.05) is 0 Å². The summed E-state index contributed by atoms with van der Waals surface area (Å²) in [5.41, 5.74) is 0.457. The third-order valence-corrected chi connectivity index (χ3v) is 16.9. The van der Waals surface area contributed by atoms with Crippen LogP contribution in [0.15, 0.2) is 0 Å². The van der Waals surface area contributed by atoms with Crippen LogP contribution in [-0.4, -0.2) is 91.0 Å². The second-order valence-electron chi connectivity index (χ2n) is 7.66. The molecule has 182 valence electrons. The molecular formula is C20H49NO6Si3. The Hall–Kier alpha value is 0.371. The number of hydrogen-bond donors (Lipinski definition) is 0. The Morgan fingerprint density at radius 3 is 1.17 bits per heavy atom. The third kappa shape index (κ3) is 6.46. The van der Waals surface area contributed by atoms with Crippen molar-refractivity contribution in [1.82, 2.24) is 4.90 Å².